The first-order chi connectivity index (χ1) is 13.8. The molecule has 1 saturated heterocycles. The van der Waals surface area contributed by atoms with Gasteiger partial charge in [0.2, 0.25) is 15.8 Å². The Hall–Kier alpha value is -2.98. The number of methoxy groups -OCH3 is 1. The Kier molecular flexibility index (Phi) is 6.14. The molecular formula is C19H20N2O7S. The summed E-state index contributed by atoms with van der Waals surface area (Å²) in [4.78, 5) is 23.4. The summed E-state index contributed by atoms with van der Waals surface area (Å²) in [6.07, 6.45) is 0.917. The van der Waals surface area contributed by atoms with Gasteiger partial charge in [-0.05, 0) is 37.1 Å². The van der Waals surface area contributed by atoms with Crippen molar-refractivity contribution in [3.8, 4) is 11.5 Å². The van der Waals surface area contributed by atoms with E-state index < -0.39 is 32.5 Å². The Labute approximate surface area is 168 Å². The number of carbonyl (C=O) groups excluding carboxylic acids is 1. The normalized spacial score (nSPS) is 17.5. The molecule has 0 saturated carbocycles. The van der Waals surface area contributed by atoms with E-state index in [0.29, 0.717) is 19.4 Å². The van der Waals surface area contributed by atoms with Crippen molar-refractivity contribution in [3.63, 3.8) is 0 Å². The summed E-state index contributed by atoms with van der Waals surface area (Å²) in [7, 11) is -2.36. The lowest BCUT2D eigenvalue weighted by molar-refractivity contribution is -0.385. The van der Waals surface area contributed by atoms with Crippen LogP contribution in [0.3, 0.4) is 0 Å². The molecule has 10 heteroatoms. The van der Waals surface area contributed by atoms with Crippen molar-refractivity contribution in [2.75, 3.05) is 20.2 Å². The van der Waals surface area contributed by atoms with Crippen LogP contribution in [0.5, 0.6) is 11.5 Å². The first kappa shape index (κ1) is 20.7. The summed E-state index contributed by atoms with van der Waals surface area (Å²) in [6, 6.07) is 11.9. The van der Waals surface area contributed by atoms with Crippen LogP contribution >= 0.6 is 0 Å². The Morgan fingerprint density at radius 1 is 1.21 bits per heavy atom. The molecule has 0 amide bonds. The molecule has 1 aliphatic heterocycles. The Morgan fingerprint density at radius 3 is 2.59 bits per heavy atom. The third-order valence-corrected chi connectivity index (χ3v) is 6.55. The van der Waals surface area contributed by atoms with Crippen LogP contribution in [-0.4, -0.2) is 43.8 Å². The Balaban J connectivity index is 1.76. The quantitative estimate of drug-likeness (QED) is 0.305. The van der Waals surface area contributed by atoms with Gasteiger partial charge in [0, 0.05) is 13.1 Å². The smallest absolute Gasteiger partial charge is 0.315 e. The van der Waals surface area contributed by atoms with E-state index in [-0.39, 0.29) is 22.9 Å². The molecule has 1 heterocycles. The number of nitro groups is 1. The van der Waals surface area contributed by atoms with E-state index in [4.69, 9.17) is 9.47 Å². The van der Waals surface area contributed by atoms with E-state index in [2.05, 4.69) is 0 Å². The lowest BCUT2D eigenvalue weighted by Crippen LogP contribution is -2.43. The van der Waals surface area contributed by atoms with E-state index in [1.807, 2.05) is 0 Å². The van der Waals surface area contributed by atoms with Gasteiger partial charge < -0.3 is 9.47 Å². The van der Waals surface area contributed by atoms with Gasteiger partial charge in [-0.3, -0.25) is 14.9 Å². The summed E-state index contributed by atoms with van der Waals surface area (Å²) in [5.41, 5.74) is -0.401. The molecule has 2 aromatic rings. The number of hydrogen-bond donors (Lipinski definition) is 0. The highest BCUT2D eigenvalue weighted by atomic mass is 32.2. The van der Waals surface area contributed by atoms with E-state index in [9.17, 15) is 23.3 Å². The molecule has 2 aromatic carbocycles. The van der Waals surface area contributed by atoms with E-state index in [1.165, 1.54) is 35.7 Å². The predicted octanol–water partition coefficient (Wildman–Crippen LogP) is 2.61. The van der Waals surface area contributed by atoms with Gasteiger partial charge in [0.05, 0.1) is 28.9 Å². The number of nitro benzene ring substituents is 1. The van der Waals surface area contributed by atoms with Crippen LogP contribution in [0.15, 0.2) is 53.4 Å². The van der Waals surface area contributed by atoms with Crippen molar-refractivity contribution < 1.29 is 27.6 Å². The van der Waals surface area contributed by atoms with Crippen LogP contribution in [-0.2, 0) is 14.8 Å². The van der Waals surface area contributed by atoms with Gasteiger partial charge >= 0.3 is 11.7 Å². The van der Waals surface area contributed by atoms with Gasteiger partial charge in [0.25, 0.3) is 0 Å². The zero-order valence-corrected chi connectivity index (χ0v) is 16.5. The molecule has 0 spiro atoms. The summed E-state index contributed by atoms with van der Waals surface area (Å²) in [5, 5.41) is 11.3. The lowest BCUT2D eigenvalue weighted by atomic mass is 10.00. The van der Waals surface area contributed by atoms with Crippen molar-refractivity contribution >= 4 is 21.7 Å². The second-order valence-corrected chi connectivity index (χ2v) is 8.47. The maximum Gasteiger partial charge on any atom is 0.315 e. The number of ether oxygens (including phenoxy) is 2. The number of sulfonamides is 1. The summed E-state index contributed by atoms with van der Waals surface area (Å²) in [6.45, 7) is 0.254. The van der Waals surface area contributed by atoms with Crippen molar-refractivity contribution in [1.82, 2.24) is 4.31 Å². The Morgan fingerprint density at radius 2 is 1.93 bits per heavy atom. The molecule has 1 fully saturated rings. The van der Waals surface area contributed by atoms with Crippen LogP contribution in [0.25, 0.3) is 0 Å². The summed E-state index contributed by atoms with van der Waals surface area (Å²) in [5.74, 6) is -1.37. The highest BCUT2D eigenvalue weighted by Gasteiger charge is 2.35. The molecule has 29 heavy (non-hydrogen) atoms. The zero-order valence-electron chi connectivity index (χ0n) is 15.7. The van der Waals surface area contributed by atoms with Gasteiger partial charge in [-0.1, -0.05) is 18.2 Å². The average molecular weight is 420 g/mol. The molecule has 0 aromatic heterocycles. The van der Waals surface area contributed by atoms with Gasteiger partial charge in [0.15, 0.2) is 0 Å². The van der Waals surface area contributed by atoms with Crippen LogP contribution in [0.1, 0.15) is 12.8 Å². The van der Waals surface area contributed by atoms with Gasteiger partial charge in [0.1, 0.15) is 5.75 Å². The number of piperidine rings is 1. The van der Waals surface area contributed by atoms with Crippen molar-refractivity contribution in [1.29, 1.82) is 0 Å². The fourth-order valence-corrected chi connectivity index (χ4v) is 4.68. The summed E-state index contributed by atoms with van der Waals surface area (Å²) < 4.78 is 37.1. The molecule has 154 valence electrons. The van der Waals surface area contributed by atoms with Gasteiger partial charge in [-0.2, -0.15) is 4.31 Å². The largest absolute Gasteiger partial charge is 0.496 e. The van der Waals surface area contributed by atoms with Crippen molar-refractivity contribution in [3.05, 3.63) is 58.6 Å². The van der Waals surface area contributed by atoms with E-state index in [1.54, 1.807) is 18.2 Å². The van der Waals surface area contributed by atoms with Crippen LogP contribution in [0, 0.1) is 16.0 Å². The standard InChI is InChI=1S/C19H20N2O7S/c1-27-15-9-10-18(17(12-15)21(23)24)28-19(22)14-6-5-11-20(13-14)29(25,26)16-7-3-2-4-8-16/h2-4,7-10,12,14H,5-6,11,13H2,1H3. The van der Waals surface area contributed by atoms with Crippen molar-refractivity contribution in [2.45, 2.75) is 17.7 Å². The minimum absolute atomic E-state index is 0.0417. The maximum atomic E-state index is 12.8. The highest BCUT2D eigenvalue weighted by Crippen LogP contribution is 2.32. The molecule has 3 rings (SSSR count). The first-order valence-corrected chi connectivity index (χ1v) is 10.4. The minimum atomic E-state index is -3.73. The average Bonchev–Trinajstić information content (AvgIpc) is 2.74. The SMILES string of the molecule is COc1ccc(OC(=O)C2CCCN(S(=O)(=O)c3ccccc3)C2)c([N+](=O)[O-])c1. The molecular weight excluding hydrogens is 400 g/mol. The lowest BCUT2D eigenvalue weighted by Gasteiger charge is -2.30. The molecule has 1 unspecified atom stereocenters. The third-order valence-electron chi connectivity index (χ3n) is 4.67. The molecule has 1 atom stereocenters. The van der Waals surface area contributed by atoms with Crippen LogP contribution in [0.4, 0.5) is 5.69 Å². The molecule has 0 radical (unpaired) electrons. The van der Waals surface area contributed by atoms with Crippen LogP contribution < -0.4 is 9.47 Å². The summed E-state index contributed by atoms with van der Waals surface area (Å²) >= 11 is 0. The highest BCUT2D eigenvalue weighted by molar-refractivity contribution is 7.89. The van der Waals surface area contributed by atoms with Crippen LogP contribution in [0.2, 0.25) is 0 Å². The predicted molar refractivity (Wildman–Crippen MR) is 103 cm³/mol. The number of esters is 1. The molecule has 0 N–H and O–H groups in total. The van der Waals surface area contributed by atoms with Gasteiger partial charge in [-0.15, -0.1) is 0 Å². The monoisotopic (exact) mass is 420 g/mol. The number of nitrogens with zero attached hydrogens (tertiary/aromatic N) is 2. The number of hydrogen-bond acceptors (Lipinski definition) is 7. The van der Waals surface area contributed by atoms with E-state index in [0.717, 1.165) is 6.07 Å². The topological polar surface area (TPSA) is 116 Å². The second-order valence-electron chi connectivity index (χ2n) is 6.53. The molecule has 0 bridgehead atoms. The second kappa shape index (κ2) is 8.58. The first-order valence-electron chi connectivity index (χ1n) is 8.92. The number of benzene rings is 2. The third kappa shape index (κ3) is 4.54. The molecule has 0 aliphatic carbocycles. The van der Waals surface area contributed by atoms with Gasteiger partial charge in [-0.25, -0.2) is 8.42 Å². The molecule has 1 aliphatic rings. The number of carbonyl (C=O) groups is 1. The van der Waals surface area contributed by atoms with Crippen molar-refractivity contribution in [2.24, 2.45) is 5.92 Å². The molecule has 9 nitrogen and oxygen atoms in total. The minimum Gasteiger partial charge on any atom is -0.496 e. The number of rotatable bonds is 6. The fourth-order valence-electron chi connectivity index (χ4n) is 3.14. The maximum absolute atomic E-state index is 12.8. The zero-order chi connectivity index (χ0) is 21.0. The van der Waals surface area contributed by atoms with E-state index >= 15 is 0 Å². The Bertz CT molecular complexity index is 1010. The fraction of sp³-hybridized carbons (Fsp3) is 0.316.